The molecule has 0 spiro atoms. The number of ether oxygens (including phenoxy) is 2. The lowest BCUT2D eigenvalue weighted by Gasteiger charge is -2.12. The summed E-state index contributed by atoms with van der Waals surface area (Å²) in [5.74, 6) is 0.439. The lowest BCUT2D eigenvalue weighted by atomic mass is 10.3. The van der Waals surface area contributed by atoms with Gasteiger partial charge in [-0.25, -0.2) is 4.68 Å². The second-order valence-electron chi connectivity index (χ2n) is 3.75. The van der Waals surface area contributed by atoms with Crippen LogP contribution in [0.5, 0.6) is 5.88 Å². The molecule has 1 atom stereocenters. The van der Waals surface area contributed by atoms with Crippen molar-refractivity contribution in [3.63, 3.8) is 0 Å². The zero-order chi connectivity index (χ0) is 12.7. The first-order valence-corrected chi connectivity index (χ1v) is 5.52. The van der Waals surface area contributed by atoms with Crippen LogP contribution in [0.15, 0.2) is 16.9 Å². The van der Waals surface area contributed by atoms with Crippen LogP contribution in [-0.2, 0) is 11.3 Å². The number of nitrogens with zero attached hydrogens (tertiary/aromatic N) is 2. The quantitative estimate of drug-likeness (QED) is 0.720. The molecular formula is C11H19N3O3. The molecule has 0 aromatic carbocycles. The van der Waals surface area contributed by atoms with Crippen molar-refractivity contribution in [3.8, 4) is 5.88 Å². The number of aromatic nitrogens is 2. The van der Waals surface area contributed by atoms with Crippen molar-refractivity contribution in [2.45, 2.75) is 19.5 Å². The Morgan fingerprint density at radius 2 is 2.24 bits per heavy atom. The van der Waals surface area contributed by atoms with Gasteiger partial charge in [-0.3, -0.25) is 4.79 Å². The van der Waals surface area contributed by atoms with Gasteiger partial charge in [-0.05, 0) is 6.92 Å². The van der Waals surface area contributed by atoms with Crippen molar-refractivity contribution in [1.29, 1.82) is 0 Å². The molecule has 0 saturated carbocycles. The Hall–Kier alpha value is -1.40. The average Bonchev–Trinajstić information content (AvgIpc) is 2.32. The van der Waals surface area contributed by atoms with Gasteiger partial charge in [0.2, 0.25) is 5.88 Å². The number of hydrogen-bond donors (Lipinski definition) is 1. The second-order valence-corrected chi connectivity index (χ2v) is 3.75. The summed E-state index contributed by atoms with van der Waals surface area (Å²) >= 11 is 0. The topological polar surface area (TPSA) is 65.4 Å². The van der Waals surface area contributed by atoms with Crippen LogP contribution in [0.25, 0.3) is 0 Å². The average molecular weight is 241 g/mol. The highest BCUT2D eigenvalue weighted by atomic mass is 16.5. The summed E-state index contributed by atoms with van der Waals surface area (Å²) in [5, 5.41) is 7.28. The molecule has 6 heteroatoms. The molecule has 1 N–H and O–H groups in total. The highest BCUT2D eigenvalue weighted by Gasteiger charge is 2.02. The molecular weight excluding hydrogens is 222 g/mol. The molecule has 1 aromatic heterocycles. The standard InChI is InChI=1S/C11H19N3O3/c1-9(8-16-2)12-6-7-14-11(15)5-4-10(13-14)17-3/h4-5,9,12H,6-8H2,1-3H3. The first-order valence-electron chi connectivity index (χ1n) is 5.52. The van der Waals surface area contributed by atoms with Gasteiger partial charge in [0.05, 0.1) is 20.3 Å². The summed E-state index contributed by atoms with van der Waals surface area (Å²) in [7, 11) is 3.18. The summed E-state index contributed by atoms with van der Waals surface area (Å²) < 4.78 is 11.3. The van der Waals surface area contributed by atoms with Crippen LogP contribution in [0, 0.1) is 0 Å². The number of rotatable bonds is 7. The zero-order valence-corrected chi connectivity index (χ0v) is 10.5. The van der Waals surface area contributed by atoms with Gasteiger partial charge in [0.1, 0.15) is 0 Å². The summed E-state index contributed by atoms with van der Waals surface area (Å²) in [4.78, 5) is 11.5. The minimum Gasteiger partial charge on any atom is -0.480 e. The van der Waals surface area contributed by atoms with E-state index in [1.165, 1.54) is 17.9 Å². The Morgan fingerprint density at radius 3 is 2.88 bits per heavy atom. The van der Waals surface area contributed by atoms with Crippen LogP contribution in [0.4, 0.5) is 0 Å². The van der Waals surface area contributed by atoms with Gasteiger partial charge in [0.25, 0.3) is 5.56 Å². The number of hydrogen-bond acceptors (Lipinski definition) is 5. The smallest absolute Gasteiger partial charge is 0.267 e. The molecule has 17 heavy (non-hydrogen) atoms. The van der Waals surface area contributed by atoms with Gasteiger partial charge in [0.15, 0.2) is 0 Å². The predicted octanol–water partition coefficient (Wildman–Crippen LogP) is -0.124. The number of methoxy groups -OCH3 is 2. The Balaban J connectivity index is 2.48. The molecule has 1 unspecified atom stereocenters. The summed E-state index contributed by atoms with van der Waals surface area (Å²) in [6, 6.07) is 3.26. The van der Waals surface area contributed by atoms with E-state index in [0.717, 1.165) is 0 Å². The van der Waals surface area contributed by atoms with Crippen LogP contribution in [0.3, 0.4) is 0 Å². The van der Waals surface area contributed by atoms with E-state index in [1.807, 2.05) is 6.92 Å². The van der Waals surface area contributed by atoms with Gasteiger partial charge in [0, 0.05) is 31.8 Å². The van der Waals surface area contributed by atoms with Crippen molar-refractivity contribution >= 4 is 0 Å². The predicted molar refractivity (Wildman–Crippen MR) is 64.4 cm³/mol. The van der Waals surface area contributed by atoms with Gasteiger partial charge in [-0.15, -0.1) is 5.10 Å². The van der Waals surface area contributed by atoms with E-state index in [4.69, 9.17) is 9.47 Å². The first-order chi connectivity index (χ1) is 8.17. The molecule has 0 aliphatic rings. The minimum absolute atomic E-state index is 0.132. The molecule has 1 heterocycles. The largest absolute Gasteiger partial charge is 0.480 e. The zero-order valence-electron chi connectivity index (χ0n) is 10.5. The van der Waals surface area contributed by atoms with Crippen molar-refractivity contribution in [3.05, 3.63) is 22.5 Å². The lowest BCUT2D eigenvalue weighted by Crippen LogP contribution is -2.35. The fourth-order valence-corrected chi connectivity index (χ4v) is 1.43. The maximum absolute atomic E-state index is 11.5. The molecule has 0 bridgehead atoms. The summed E-state index contributed by atoms with van der Waals surface area (Å²) in [6.07, 6.45) is 0. The third-order valence-electron chi connectivity index (χ3n) is 2.28. The van der Waals surface area contributed by atoms with Crippen molar-refractivity contribution in [2.24, 2.45) is 0 Å². The van der Waals surface area contributed by atoms with E-state index in [-0.39, 0.29) is 11.6 Å². The Kier molecular flexibility index (Phi) is 5.65. The molecule has 1 rings (SSSR count). The molecule has 96 valence electrons. The summed E-state index contributed by atoms with van der Waals surface area (Å²) in [6.45, 7) is 3.82. The fourth-order valence-electron chi connectivity index (χ4n) is 1.43. The molecule has 0 fully saturated rings. The fraction of sp³-hybridized carbons (Fsp3) is 0.636. The molecule has 0 radical (unpaired) electrons. The van der Waals surface area contributed by atoms with E-state index in [0.29, 0.717) is 25.6 Å². The highest BCUT2D eigenvalue weighted by molar-refractivity contribution is 5.05. The normalized spacial score (nSPS) is 12.4. The van der Waals surface area contributed by atoms with Gasteiger partial charge < -0.3 is 14.8 Å². The molecule has 0 saturated heterocycles. The third kappa shape index (κ3) is 4.54. The van der Waals surface area contributed by atoms with Gasteiger partial charge >= 0.3 is 0 Å². The maximum Gasteiger partial charge on any atom is 0.267 e. The van der Waals surface area contributed by atoms with Crippen LogP contribution in [0.1, 0.15) is 6.92 Å². The van der Waals surface area contributed by atoms with E-state index < -0.39 is 0 Å². The second kappa shape index (κ2) is 7.03. The first kappa shape index (κ1) is 13.7. The van der Waals surface area contributed by atoms with Gasteiger partial charge in [-0.2, -0.15) is 0 Å². The van der Waals surface area contributed by atoms with Crippen molar-refractivity contribution in [1.82, 2.24) is 15.1 Å². The van der Waals surface area contributed by atoms with Crippen LogP contribution in [-0.4, -0.2) is 43.2 Å². The van der Waals surface area contributed by atoms with Crippen LogP contribution in [0.2, 0.25) is 0 Å². The van der Waals surface area contributed by atoms with E-state index in [9.17, 15) is 4.79 Å². The van der Waals surface area contributed by atoms with Crippen LogP contribution < -0.4 is 15.6 Å². The van der Waals surface area contributed by atoms with E-state index >= 15 is 0 Å². The molecule has 0 amide bonds. The summed E-state index contributed by atoms with van der Waals surface area (Å²) in [5.41, 5.74) is -0.132. The number of nitrogens with one attached hydrogen (secondary N) is 1. The van der Waals surface area contributed by atoms with E-state index in [1.54, 1.807) is 13.2 Å². The van der Waals surface area contributed by atoms with Gasteiger partial charge in [-0.1, -0.05) is 0 Å². The Bertz CT molecular complexity index is 392. The molecule has 0 aliphatic carbocycles. The maximum atomic E-state index is 11.5. The van der Waals surface area contributed by atoms with E-state index in [2.05, 4.69) is 10.4 Å². The Labute approximate surface area is 101 Å². The molecule has 1 aromatic rings. The monoisotopic (exact) mass is 241 g/mol. The SMILES string of the molecule is COCC(C)NCCn1nc(OC)ccc1=O. The highest BCUT2D eigenvalue weighted by Crippen LogP contribution is 1.98. The molecule has 6 nitrogen and oxygen atoms in total. The minimum atomic E-state index is -0.132. The molecule has 0 aliphatic heterocycles. The Morgan fingerprint density at radius 1 is 1.47 bits per heavy atom. The van der Waals surface area contributed by atoms with Crippen molar-refractivity contribution in [2.75, 3.05) is 27.4 Å². The van der Waals surface area contributed by atoms with Crippen LogP contribution >= 0.6 is 0 Å². The van der Waals surface area contributed by atoms with Crippen molar-refractivity contribution < 1.29 is 9.47 Å². The lowest BCUT2D eigenvalue weighted by molar-refractivity contribution is 0.171. The third-order valence-corrected chi connectivity index (χ3v) is 2.28.